The van der Waals surface area contributed by atoms with Gasteiger partial charge in [-0.1, -0.05) is 37.0 Å². The van der Waals surface area contributed by atoms with Crippen LogP contribution in [0.25, 0.3) is 0 Å². The highest BCUT2D eigenvalue weighted by molar-refractivity contribution is 6.37. The number of ether oxygens (including phenoxy) is 1. The summed E-state index contributed by atoms with van der Waals surface area (Å²) in [5.41, 5.74) is 0.0977. The predicted octanol–water partition coefficient (Wildman–Crippen LogP) is 3.90. The summed E-state index contributed by atoms with van der Waals surface area (Å²) in [5, 5.41) is 7.23. The summed E-state index contributed by atoms with van der Waals surface area (Å²) in [6, 6.07) is 1.69. The first-order chi connectivity index (χ1) is 8.89. The van der Waals surface area contributed by atoms with Gasteiger partial charge in [0.05, 0.1) is 10.0 Å². The highest BCUT2D eigenvalue weighted by Crippen LogP contribution is 2.30. The Balaban J connectivity index is 2.72. The van der Waals surface area contributed by atoms with E-state index in [0.717, 1.165) is 19.6 Å². The van der Waals surface area contributed by atoms with Crippen molar-refractivity contribution in [2.75, 3.05) is 37.9 Å². The molecule has 0 unspecified atom stereocenters. The third kappa shape index (κ3) is 5.05. The summed E-state index contributed by atoms with van der Waals surface area (Å²) in [4.78, 5) is 4.36. The van der Waals surface area contributed by atoms with Crippen LogP contribution < -0.4 is 10.6 Å². The van der Waals surface area contributed by atoms with E-state index in [1.165, 1.54) is 0 Å². The van der Waals surface area contributed by atoms with E-state index in [-0.39, 0.29) is 5.41 Å². The Morgan fingerprint density at radius 2 is 1.89 bits per heavy atom. The van der Waals surface area contributed by atoms with Crippen molar-refractivity contribution in [1.82, 2.24) is 4.98 Å². The van der Waals surface area contributed by atoms with Crippen LogP contribution in [0.4, 0.5) is 11.6 Å². The van der Waals surface area contributed by atoms with Gasteiger partial charge in [-0.05, 0) is 17.9 Å². The van der Waals surface area contributed by atoms with E-state index in [2.05, 4.69) is 29.5 Å². The zero-order chi connectivity index (χ0) is 14.5. The number of nitrogens with zero attached hydrogens (tertiary/aromatic N) is 1. The zero-order valence-corrected chi connectivity index (χ0v) is 13.3. The molecule has 4 nitrogen and oxygen atoms in total. The minimum Gasteiger partial charge on any atom is -0.385 e. The molecule has 0 fully saturated rings. The van der Waals surface area contributed by atoms with Gasteiger partial charge in [-0.3, -0.25) is 0 Å². The average molecular weight is 306 g/mol. The van der Waals surface area contributed by atoms with Crippen LogP contribution in [0.3, 0.4) is 0 Å². The van der Waals surface area contributed by atoms with Gasteiger partial charge in [-0.25, -0.2) is 4.98 Å². The second-order valence-electron chi connectivity index (χ2n) is 5.16. The van der Waals surface area contributed by atoms with Gasteiger partial charge in [-0.2, -0.15) is 0 Å². The molecule has 0 bridgehead atoms. The lowest BCUT2D eigenvalue weighted by molar-refractivity contribution is 0.157. The molecular formula is C13H21Cl2N3O. The van der Waals surface area contributed by atoms with Crippen LogP contribution in [0, 0.1) is 5.41 Å². The summed E-state index contributed by atoms with van der Waals surface area (Å²) >= 11 is 12.1. The van der Waals surface area contributed by atoms with Crippen LogP contribution in [0.5, 0.6) is 0 Å². The lowest BCUT2D eigenvalue weighted by Gasteiger charge is -2.25. The predicted molar refractivity (Wildman–Crippen MR) is 82.6 cm³/mol. The number of aromatic nitrogens is 1. The molecule has 1 aromatic heterocycles. The topological polar surface area (TPSA) is 46.2 Å². The lowest BCUT2D eigenvalue weighted by atomic mass is 9.90. The van der Waals surface area contributed by atoms with E-state index < -0.39 is 0 Å². The average Bonchev–Trinajstić information content (AvgIpc) is 2.35. The molecule has 1 rings (SSSR count). The summed E-state index contributed by atoms with van der Waals surface area (Å²) in [6.07, 6.45) is 0.959. The molecule has 0 spiro atoms. The summed E-state index contributed by atoms with van der Waals surface area (Å²) in [5.74, 6) is 1.25. The van der Waals surface area contributed by atoms with E-state index in [1.807, 2.05) is 0 Å². The van der Waals surface area contributed by atoms with E-state index in [0.29, 0.717) is 21.7 Å². The van der Waals surface area contributed by atoms with Crippen molar-refractivity contribution in [2.45, 2.75) is 20.3 Å². The van der Waals surface area contributed by atoms with Crippen molar-refractivity contribution in [2.24, 2.45) is 5.41 Å². The quantitative estimate of drug-likeness (QED) is 0.802. The van der Waals surface area contributed by atoms with Crippen LogP contribution >= 0.6 is 23.2 Å². The van der Waals surface area contributed by atoms with Crippen molar-refractivity contribution in [3.05, 3.63) is 16.1 Å². The maximum Gasteiger partial charge on any atom is 0.147 e. The molecule has 0 atom stereocenters. The number of hydrogen-bond acceptors (Lipinski definition) is 4. The lowest BCUT2D eigenvalue weighted by Crippen LogP contribution is -2.25. The van der Waals surface area contributed by atoms with Gasteiger partial charge in [0, 0.05) is 27.3 Å². The number of nitrogens with one attached hydrogen (secondary N) is 2. The zero-order valence-electron chi connectivity index (χ0n) is 11.8. The number of halogens is 2. The Labute approximate surface area is 124 Å². The largest absolute Gasteiger partial charge is 0.385 e. The molecule has 0 aromatic carbocycles. The van der Waals surface area contributed by atoms with Crippen molar-refractivity contribution < 1.29 is 4.74 Å². The maximum absolute atomic E-state index is 6.13. The number of rotatable bonds is 7. The molecule has 19 heavy (non-hydrogen) atoms. The maximum atomic E-state index is 6.13. The van der Waals surface area contributed by atoms with Crippen LogP contribution in [0.15, 0.2) is 6.07 Å². The molecular weight excluding hydrogens is 285 g/mol. The van der Waals surface area contributed by atoms with E-state index in [1.54, 1.807) is 20.2 Å². The molecule has 0 aliphatic carbocycles. The Hall–Kier alpha value is -0.710. The van der Waals surface area contributed by atoms with Crippen molar-refractivity contribution in [3.63, 3.8) is 0 Å². The van der Waals surface area contributed by atoms with Crippen molar-refractivity contribution in [1.29, 1.82) is 0 Å². The van der Waals surface area contributed by atoms with Crippen LogP contribution in [-0.4, -0.2) is 32.3 Å². The molecule has 6 heteroatoms. The monoisotopic (exact) mass is 305 g/mol. The second kappa shape index (κ2) is 7.17. The minimum absolute atomic E-state index is 0.0977. The van der Waals surface area contributed by atoms with Gasteiger partial charge in [0.2, 0.25) is 0 Å². The fraction of sp³-hybridized carbons (Fsp3) is 0.615. The number of hydrogen-bond donors (Lipinski definition) is 2. The summed E-state index contributed by atoms with van der Waals surface area (Å²) < 4.78 is 5.11. The van der Waals surface area contributed by atoms with Crippen molar-refractivity contribution >= 4 is 34.8 Å². The molecule has 0 aliphatic heterocycles. The van der Waals surface area contributed by atoms with E-state index >= 15 is 0 Å². The SMILES string of the molecule is CNc1nc(NCC(C)(C)CCOC)c(Cl)cc1Cl. The standard InChI is InChI=1S/C13H21Cl2N3O/c1-13(2,5-6-19-4)8-17-12-10(15)7-9(14)11(16-3)18-12/h7H,5-6,8H2,1-4H3,(H2,16,17,18). The third-order valence-corrected chi connectivity index (χ3v) is 3.46. The van der Waals surface area contributed by atoms with Gasteiger partial charge in [0.1, 0.15) is 11.6 Å². The highest BCUT2D eigenvalue weighted by atomic mass is 35.5. The summed E-state index contributed by atoms with van der Waals surface area (Å²) in [7, 11) is 3.48. The first-order valence-electron chi connectivity index (χ1n) is 6.16. The third-order valence-electron chi connectivity index (χ3n) is 2.88. The van der Waals surface area contributed by atoms with Gasteiger partial charge >= 0.3 is 0 Å². The molecule has 1 heterocycles. The minimum atomic E-state index is 0.0977. The Morgan fingerprint density at radius 3 is 2.47 bits per heavy atom. The first kappa shape index (κ1) is 16.3. The Morgan fingerprint density at radius 1 is 1.26 bits per heavy atom. The van der Waals surface area contributed by atoms with Crippen molar-refractivity contribution in [3.8, 4) is 0 Å². The Kier molecular flexibility index (Phi) is 6.17. The fourth-order valence-electron chi connectivity index (χ4n) is 1.56. The molecule has 108 valence electrons. The van der Waals surface area contributed by atoms with E-state index in [4.69, 9.17) is 27.9 Å². The normalized spacial score (nSPS) is 11.5. The van der Waals surface area contributed by atoms with Gasteiger partial charge in [0.15, 0.2) is 0 Å². The van der Waals surface area contributed by atoms with Gasteiger partial charge in [-0.15, -0.1) is 0 Å². The van der Waals surface area contributed by atoms with Crippen LogP contribution in [-0.2, 0) is 4.74 Å². The van der Waals surface area contributed by atoms with Gasteiger partial charge in [0.25, 0.3) is 0 Å². The van der Waals surface area contributed by atoms with E-state index in [9.17, 15) is 0 Å². The molecule has 2 N–H and O–H groups in total. The number of anilines is 2. The molecule has 0 saturated heterocycles. The summed E-state index contributed by atoms with van der Waals surface area (Å²) in [6.45, 7) is 5.83. The van der Waals surface area contributed by atoms with Gasteiger partial charge < -0.3 is 15.4 Å². The fourth-order valence-corrected chi connectivity index (χ4v) is 2.08. The molecule has 0 radical (unpaired) electrons. The number of methoxy groups -OCH3 is 1. The molecule has 0 amide bonds. The highest BCUT2D eigenvalue weighted by Gasteiger charge is 2.18. The first-order valence-corrected chi connectivity index (χ1v) is 6.92. The molecule has 0 aliphatic rings. The number of pyridine rings is 1. The van der Waals surface area contributed by atoms with Crippen LogP contribution in [0.2, 0.25) is 10.0 Å². The Bertz CT molecular complexity index is 425. The molecule has 1 aromatic rings. The van der Waals surface area contributed by atoms with Crippen LogP contribution in [0.1, 0.15) is 20.3 Å². The smallest absolute Gasteiger partial charge is 0.147 e. The molecule has 0 saturated carbocycles. The second-order valence-corrected chi connectivity index (χ2v) is 5.97.